The molecule has 7 nitrogen and oxygen atoms in total. The smallest absolute Gasteiger partial charge is 0.325 e. The number of carbonyl (C=O) groups excluding carboxylic acids is 3. The van der Waals surface area contributed by atoms with E-state index in [2.05, 4.69) is 12.2 Å². The van der Waals surface area contributed by atoms with Gasteiger partial charge in [-0.1, -0.05) is 13.0 Å². The summed E-state index contributed by atoms with van der Waals surface area (Å²) in [6, 6.07) is 6.59. The number of methoxy groups -OCH3 is 1. The molecule has 0 bridgehead atoms. The van der Waals surface area contributed by atoms with E-state index in [1.165, 1.54) is 7.11 Å². The lowest BCUT2D eigenvalue weighted by Gasteiger charge is -2.30. The first-order valence-corrected chi connectivity index (χ1v) is 8.35. The molecule has 1 heterocycles. The van der Waals surface area contributed by atoms with Crippen LogP contribution in [0.4, 0.5) is 0 Å². The van der Waals surface area contributed by atoms with Crippen molar-refractivity contribution in [2.24, 2.45) is 5.92 Å². The fraction of sp³-hybridized carbons (Fsp3) is 0.500. The molecule has 7 heteroatoms. The van der Waals surface area contributed by atoms with Crippen LogP contribution in [0.25, 0.3) is 0 Å². The number of nitrogens with zero attached hydrogens (tertiary/aromatic N) is 1. The molecule has 0 atom stereocenters. The molecule has 0 radical (unpaired) electrons. The molecule has 1 fully saturated rings. The third-order valence-corrected chi connectivity index (χ3v) is 4.22. The highest BCUT2D eigenvalue weighted by molar-refractivity contribution is 5.96. The standard InChI is InChI=1S/C18H24N2O5/c1-13-6-8-20(9-7-13)16(21)12-25-17(22)11-19-18(23)14-4-3-5-15(10-14)24-2/h3-5,10,13H,6-9,11-12H2,1-2H3,(H,19,23). The number of ether oxygens (including phenoxy) is 2. The predicted octanol–water partition coefficient (Wildman–Crippen LogP) is 1.23. The van der Waals surface area contributed by atoms with E-state index in [0.717, 1.165) is 12.8 Å². The van der Waals surface area contributed by atoms with Crippen LogP contribution in [0, 0.1) is 5.92 Å². The molecule has 1 saturated heterocycles. The van der Waals surface area contributed by atoms with Gasteiger partial charge in [-0.05, 0) is 37.0 Å². The van der Waals surface area contributed by atoms with Crippen molar-refractivity contribution in [2.45, 2.75) is 19.8 Å². The minimum atomic E-state index is -0.644. The summed E-state index contributed by atoms with van der Waals surface area (Å²) in [5, 5.41) is 2.47. The van der Waals surface area contributed by atoms with Gasteiger partial charge in [-0.3, -0.25) is 14.4 Å². The molecular weight excluding hydrogens is 324 g/mol. The van der Waals surface area contributed by atoms with Crippen LogP contribution in [0.3, 0.4) is 0 Å². The van der Waals surface area contributed by atoms with Crippen LogP contribution in [0.5, 0.6) is 5.75 Å². The van der Waals surface area contributed by atoms with E-state index in [1.807, 2.05) is 0 Å². The van der Waals surface area contributed by atoms with Gasteiger partial charge >= 0.3 is 5.97 Å². The number of rotatable bonds is 6. The minimum Gasteiger partial charge on any atom is -0.497 e. The van der Waals surface area contributed by atoms with Gasteiger partial charge in [-0.25, -0.2) is 0 Å². The van der Waals surface area contributed by atoms with E-state index in [9.17, 15) is 14.4 Å². The summed E-state index contributed by atoms with van der Waals surface area (Å²) < 4.78 is 9.99. The number of likely N-dealkylation sites (tertiary alicyclic amines) is 1. The molecule has 1 aliphatic rings. The maximum Gasteiger partial charge on any atom is 0.325 e. The van der Waals surface area contributed by atoms with Gasteiger partial charge in [0, 0.05) is 18.7 Å². The van der Waals surface area contributed by atoms with Crippen LogP contribution in [0.2, 0.25) is 0 Å². The van der Waals surface area contributed by atoms with Crippen molar-refractivity contribution < 1.29 is 23.9 Å². The Kier molecular flexibility index (Phi) is 6.80. The Balaban J connectivity index is 1.71. The van der Waals surface area contributed by atoms with Crippen molar-refractivity contribution in [3.05, 3.63) is 29.8 Å². The van der Waals surface area contributed by atoms with E-state index >= 15 is 0 Å². The van der Waals surface area contributed by atoms with Crippen LogP contribution < -0.4 is 10.1 Å². The predicted molar refractivity (Wildman–Crippen MR) is 91.3 cm³/mol. The molecule has 0 aliphatic carbocycles. The summed E-state index contributed by atoms with van der Waals surface area (Å²) >= 11 is 0. The molecule has 25 heavy (non-hydrogen) atoms. The largest absolute Gasteiger partial charge is 0.497 e. The highest BCUT2D eigenvalue weighted by Crippen LogP contribution is 2.16. The quantitative estimate of drug-likeness (QED) is 0.782. The van der Waals surface area contributed by atoms with Gasteiger partial charge in [0.1, 0.15) is 12.3 Å². The molecular formula is C18H24N2O5. The summed E-state index contributed by atoms with van der Waals surface area (Å²) in [4.78, 5) is 37.4. The summed E-state index contributed by atoms with van der Waals surface area (Å²) in [6.45, 7) is 2.98. The molecule has 136 valence electrons. The van der Waals surface area contributed by atoms with Crippen LogP contribution in [0.1, 0.15) is 30.1 Å². The van der Waals surface area contributed by atoms with E-state index in [-0.39, 0.29) is 19.1 Å². The van der Waals surface area contributed by atoms with E-state index < -0.39 is 11.9 Å². The van der Waals surface area contributed by atoms with Crippen molar-refractivity contribution in [2.75, 3.05) is 33.4 Å². The Labute approximate surface area is 147 Å². The fourth-order valence-electron chi connectivity index (χ4n) is 2.56. The summed E-state index contributed by atoms with van der Waals surface area (Å²) in [6.07, 6.45) is 1.94. The van der Waals surface area contributed by atoms with Gasteiger partial charge in [0.2, 0.25) is 0 Å². The maximum atomic E-state index is 12.0. The number of hydrogen-bond acceptors (Lipinski definition) is 5. The van der Waals surface area contributed by atoms with Crippen molar-refractivity contribution >= 4 is 17.8 Å². The van der Waals surface area contributed by atoms with Crippen LogP contribution in [-0.2, 0) is 14.3 Å². The Morgan fingerprint density at radius 1 is 1.24 bits per heavy atom. The van der Waals surface area contributed by atoms with Gasteiger partial charge in [0.15, 0.2) is 6.61 Å². The second-order valence-electron chi connectivity index (χ2n) is 6.14. The normalized spacial score (nSPS) is 14.7. The highest BCUT2D eigenvalue weighted by Gasteiger charge is 2.21. The number of nitrogens with one attached hydrogen (secondary N) is 1. The number of esters is 1. The van der Waals surface area contributed by atoms with Crippen molar-refractivity contribution in [1.82, 2.24) is 10.2 Å². The minimum absolute atomic E-state index is 0.195. The molecule has 1 aromatic carbocycles. The maximum absolute atomic E-state index is 12.0. The molecule has 1 aliphatic heterocycles. The van der Waals surface area contributed by atoms with Gasteiger partial charge in [0.25, 0.3) is 11.8 Å². The van der Waals surface area contributed by atoms with E-state index in [1.54, 1.807) is 29.2 Å². The van der Waals surface area contributed by atoms with Gasteiger partial charge in [0.05, 0.1) is 7.11 Å². The van der Waals surface area contributed by atoms with Crippen molar-refractivity contribution in [1.29, 1.82) is 0 Å². The first-order chi connectivity index (χ1) is 12.0. The van der Waals surface area contributed by atoms with Crippen LogP contribution in [-0.4, -0.2) is 56.0 Å². The first-order valence-electron chi connectivity index (χ1n) is 8.35. The Morgan fingerprint density at radius 3 is 2.64 bits per heavy atom. The molecule has 0 saturated carbocycles. The number of hydrogen-bond donors (Lipinski definition) is 1. The SMILES string of the molecule is COc1cccc(C(=O)NCC(=O)OCC(=O)N2CCC(C)CC2)c1. The van der Waals surface area contributed by atoms with Crippen molar-refractivity contribution in [3.8, 4) is 5.75 Å². The number of benzene rings is 1. The Morgan fingerprint density at radius 2 is 1.96 bits per heavy atom. The zero-order valence-corrected chi connectivity index (χ0v) is 14.6. The molecule has 1 N–H and O–H groups in total. The van der Waals surface area contributed by atoms with E-state index in [0.29, 0.717) is 30.3 Å². The number of amides is 2. The Hall–Kier alpha value is -2.57. The fourth-order valence-corrected chi connectivity index (χ4v) is 2.56. The molecule has 1 aromatic rings. The zero-order chi connectivity index (χ0) is 18.2. The summed E-state index contributed by atoms with van der Waals surface area (Å²) in [5.74, 6) is -0.0726. The highest BCUT2D eigenvalue weighted by atomic mass is 16.5. The lowest BCUT2D eigenvalue weighted by molar-refractivity contribution is -0.151. The molecule has 2 amide bonds. The average molecular weight is 348 g/mol. The number of piperidine rings is 1. The molecule has 2 rings (SSSR count). The van der Waals surface area contributed by atoms with Gasteiger partial charge in [-0.2, -0.15) is 0 Å². The van der Waals surface area contributed by atoms with E-state index in [4.69, 9.17) is 9.47 Å². The molecule has 0 unspecified atom stereocenters. The molecule has 0 aromatic heterocycles. The second kappa shape index (κ2) is 9.05. The number of carbonyl (C=O) groups is 3. The monoisotopic (exact) mass is 348 g/mol. The summed E-state index contributed by atoms with van der Waals surface area (Å²) in [7, 11) is 1.51. The van der Waals surface area contributed by atoms with Crippen LogP contribution in [0.15, 0.2) is 24.3 Å². The second-order valence-corrected chi connectivity index (χ2v) is 6.14. The van der Waals surface area contributed by atoms with Crippen molar-refractivity contribution in [3.63, 3.8) is 0 Å². The first kappa shape index (κ1) is 18.8. The summed E-state index contributed by atoms with van der Waals surface area (Å²) in [5.41, 5.74) is 0.380. The third kappa shape index (κ3) is 5.77. The Bertz CT molecular complexity index is 624. The lowest BCUT2D eigenvalue weighted by Crippen LogP contribution is -2.41. The zero-order valence-electron chi connectivity index (χ0n) is 14.6. The average Bonchev–Trinajstić information content (AvgIpc) is 2.64. The van der Waals surface area contributed by atoms with Gasteiger partial charge < -0.3 is 19.7 Å². The lowest BCUT2D eigenvalue weighted by atomic mass is 9.99. The van der Waals surface area contributed by atoms with Gasteiger partial charge in [-0.15, -0.1) is 0 Å². The third-order valence-electron chi connectivity index (χ3n) is 4.22. The topological polar surface area (TPSA) is 84.9 Å². The van der Waals surface area contributed by atoms with Crippen LogP contribution >= 0.6 is 0 Å². The molecule has 0 spiro atoms.